The Labute approximate surface area is 126 Å². The molecule has 0 saturated carbocycles. The van der Waals surface area contributed by atoms with E-state index in [0.29, 0.717) is 26.2 Å². The summed E-state index contributed by atoms with van der Waals surface area (Å²) >= 11 is 0. The molecule has 2 atom stereocenters. The second-order valence-corrected chi connectivity index (χ2v) is 6.19. The third kappa shape index (κ3) is 4.68. The highest BCUT2D eigenvalue weighted by Gasteiger charge is 2.33. The van der Waals surface area contributed by atoms with E-state index >= 15 is 0 Å². The number of nitrogens with one attached hydrogen (secondary N) is 2. The third-order valence-corrected chi connectivity index (χ3v) is 4.02. The number of carbonyl (C=O) groups is 2. The van der Waals surface area contributed by atoms with Crippen molar-refractivity contribution in [3.63, 3.8) is 0 Å². The van der Waals surface area contributed by atoms with E-state index in [1.165, 1.54) is 12.8 Å². The van der Waals surface area contributed by atoms with Crippen molar-refractivity contribution >= 4 is 11.8 Å². The van der Waals surface area contributed by atoms with Crippen molar-refractivity contribution in [3.05, 3.63) is 0 Å². The molecule has 2 fully saturated rings. The maximum absolute atomic E-state index is 12.5. The summed E-state index contributed by atoms with van der Waals surface area (Å²) in [5.41, 5.74) is 0. The fourth-order valence-electron chi connectivity index (χ4n) is 2.93. The van der Waals surface area contributed by atoms with Gasteiger partial charge in [0.05, 0.1) is 13.2 Å². The molecule has 2 saturated heterocycles. The summed E-state index contributed by atoms with van der Waals surface area (Å²) in [5, 5.41) is 6.26. The van der Waals surface area contributed by atoms with E-state index < -0.39 is 6.04 Å². The maximum atomic E-state index is 12.5. The molecule has 120 valence electrons. The molecule has 2 aliphatic rings. The SMILES string of the molecule is CC(C)NC(=O)C1COCCN1C(=O)CC1CCCCN1. The van der Waals surface area contributed by atoms with Gasteiger partial charge in [-0.05, 0) is 33.2 Å². The van der Waals surface area contributed by atoms with Crippen LogP contribution in [0.4, 0.5) is 0 Å². The van der Waals surface area contributed by atoms with Crippen LogP contribution in [0.15, 0.2) is 0 Å². The molecule has 2 rings (SSSR count). The lowest BCUT2D eigenvalue weighted by Gasteiger charge is -2.36. The minimum Gasteiger partial charge on any atom is -0.377 e. The molecule has 0 spiro atoms. The summed E-state index contributed by atoms with van der Waals surface area (Å²) in [6.07, 6.45) is 3.87. The number of rotatable bonds is 4. The molecule has 2 aliphatic heterocycles. The van der Waals surface area contributed by atoms with Gasteiger partial charge in [0, 0.05) is 25.0 Å². The first-order valence-electron chi connectivity index (χ1n) is 7.99. The summed E-state index contributed by atoms with van der Waals surface area (Å²) < 4.78 is 5.38. The highest BCUT2D eigenvalue weighted by molar-refractivity contribution is 5.88. The van der Waals surface area contributed by atoms with Crippen molar-refractivity contribution < 1.29 is 14.3 Å². The predicted octanol–water partition coefficient (Wildman–Crippen LogP) is 0.271. The predicted molar refractivity (Wildman–Crippen MR) is 79.9 cm³/mol. The molecule has 0 aromatic rings. The van der Waals surface area contributed by atoms with Crippen molar-refractivity contribution in [2.75, 3.05) is 26.3 Å². The lowest BCUT2D eigenvalue weighted by atomic mass is 10.0. The second-order valence-electron chi connectivity index (χ2n) is 6.19. The first-order chi connectivity index (χ1) is 10.1. The van der Waals surface area contributed by atoms with Crippen molar-refractivity contribution in [2.24, 2.45) is 0 Å². The fourth-order valence-corrected chi connectivity index (χ4v) is 2.93. The van der Waals surface area contributed by atoms with Crippen LogP contribution in [0.2, 0.25) is 0 Å². The lowest BCUT2D eigenvalue weighted by Crippen LogP contribution is -2.57. The van der Waals surface area contributed by atoms with Crippen molar-refractivity contribution in [2.45, 2.75) is 57.7 Å². The van der Waals surface area contributed by atoms with Gasteiger partial charge in [0.1, 0.15) is 6.04 Å². The van der Waals surface area contributed by atoms with Crippen LogP contribution in [0.25, 0.3) is 0 Å². The summed E-state index contributed by atoms with van der Waals surface area (Å²) in [4.78, 5) is 26.4. The Bertz CT molecular complexity index is 367. The van der Waals surface area contributed by atoms with Gasteiger partial charge in [-0.2, -0.15) is 0 Å². The Balaban J connectivity index is 1.93. The number of hydrogen-bond donors (Lipinski definition) is 2. The number of morpholine rings is 1. The van der Waals surface area contributed by atoms with Crippen molar-refractivity contribution in [3.8, 4) is 0 Å². The van der Waals surface area contributed by atoms with Gasteiger partial charge >= 0.3 is 0 Å². The van der Waals surface area contributed by atoms with E-state index in [2.05, 4.69) is 10.6 Å². The molecular weight excluding hydrogens is 270 g/mol. The number of carbonyl (C=O) groups excluding carboxylic acids is 2. The van der Waals surface area contributed by atoms with E-state index in [1.807, 2.05) is 13.8 Å². The van der Waals surface area contributed by atoms with Crippen LogP contribution in [-0.4, -0.2) is 61.1 Å². The molecule has 0 aromatic heterocycles. The van der Waals surface area contributed by atoms with E-state index in [-0.39, 0.29) is 23.9 Å². The number of ether oxygens (including phenoxy) is 1. The van der Waals surface area contributed by atoms with Crippen LogP contribution in [0.5, 0.6) is 0 Å². The summed E-state index contributed by atoms with van der Waals surface area (Å²) in [7, 11) is 0. The number of nitrogens with zero attached hydrogens (tertiary/aromatic N) is 1. The Morgan fingerprint density at radius 3 is 2.86 bits per heavy atom. The molecular formula is C15H27N3O3. The van der Waals surface area contributed by atoms with Gasteiger partial charge in [-0.1, -0.05) is 6.42 Å². The summed E-state index contributed by atoms with van der Waals surface area (Å²) in [6.45, 7) is 6.12. The molecule has 6 nitrogen and oxygen atoms in total. The quantitative estimate of drug-likeness (QED) is 0.781. The van der Waals surface area contributed by atoms with E-state index in [4.69, 9.17) is 4.74 Å². The molecule has 0 bridgehead atoms. The average Bonchev–Trinajstić information content (AvgIpc) is 2.47. The molecule has 0 radical (unpaired) electrons. The highest BCUT2D eigenvalue weighted by Crippen LogP contribution is 2.15. The van der Waals surface area contributed by atoms with Gasteiger partial charge in [-0.3, -0.25) is 9.59 Å². The molecule has 2 heterocycles. The zero-order chi connectivity index (χ0) is 15.2. The summed E-state index contributed by atoms with van der Waals surface area (Å²) in [5.74, 6) is -0.0590. The van der Waals surface area contributed by atoms with Crippen molar-refractivity contribution in [1.82, 2.24) is 15.5 Å². The maximum Gasteiger partial charge on any atom is 0.245 e. The average molecular weight is 297 g/mol. The molecule has 0 aliphatic carbocycles. The van der Waals surface area contributed by atoms with Crippen LogP contribution >= 0.6 is 0 Å². The molecule has 2 unspecified atom stereocenters. The van der Waals surface area contributed by atoms with E-state index in [9.17, 15) is 9.59 Å². The molecule has 21 heavy (non-hydrogen) atoms. The molecule has 2 N–H and O–H groups in total. The van der Waals surface area contributed by atoms with Gasteiger partial charge in [-0.15, -0.1) is 0 Å². The largest absolute Gasteiger partial charge is 0.377 e. The second kappa shape index (κ2) is 7.75. The number of amides is 2. The monoisotopic (exact) mass is 297 g/mol. The fraction of sp³-hybridized carbons (Fsp3) is 0.867. The lowest BCUT2D eigenvalue weighted by molar-refractivity contribution is -0.149. The smallest absolute Gasteiger partial charge is 0.245 e. The topological polar surface area (TPSA) is 70.7 Å². The first-order valence-corrected chi connectivity index (χ1v) is 7.99. The Morgan fingerprint density at radius 1 is 1.38 bits per heavy atom. The Hall–Kier alpha value is -1.14. The van der Waals surface area contributed by atoms with E-state index in [1.54, 1.807) is 4.90 Å². The zero-order valence-electron chi connectivity index (χ0n) is 13.1. The van der Waals surface area contributed by atoms with Gasteiger partial charge < -0.3 is 20.3 Å². The van der Waals surface area contributed by atoms with E-state index in [0.717, 1.165) is 13.0 Å². The van der Waals surface area contributed by atoms with Crippen LogP contribution in [0, 0.1) is 0 Å². The minimum atomic E-state index is -0.489. The van der Waals surface area contributed by atoms with Crippen LogP contribution in [0.3, 0.4) is 0 Å². The van der Waals surface area contributed by atoms with Crippen LogP contribution < -0.4 is 10.6 Å². The normalized spacial score (nSPS) is 26.7. The minimum absolute atomic E-state index is 0.0570. The molecule has 6 heteroatoms. The Morgan fingerprint density at radius 2 is 2.19 bits per heavy atom. The van der Waals surface area contributed by atoms with Crippen LogP contribution in [-0.2, 0) is 14.3 Å². The first kappa shape index (κ1) is 16.2. The third-order valence-electron chi connectivity index (χ3n) is 4.02. The standard InChI is InChI=1S/C15H27N3O3/c1-11(2)17-15(20)13-10-21-8-7-18(13)14(19)9-12-5-3-4-6-16-12/h11-13,16H,3-10H2,1-2H3,(H,17,20). The highest BCUT2D eigenvalue weighted by atomic mass is 16.5. The number of hydrogen-bond acceptors (Lipinski definition) is 4. The van der Waals surface area contributed by atoms with Gasteiger partial charge in [0.15, 0.2) is 0 Å². The Kier molecular flexibility index (Phi) is 5.99. The van der Waals surface area contributed by atoms with Gasteiger partial charge in [-0.25, -0.2) is 0 Å². The summed E-state index contributed by atoms with van der Waals surface area (Å²) in [6, 6.07) is -0.170. The van der Waals surface area contributed by atoms with Gasteiger partial charge in [0.2, 0.25) is 11.8 Å². The van der Waals surface area contributed by atoms with Crippen molar-refractivity contribution in [1.29, 1.82) is 0 Å². The van der Waals surface area contributed by atoms with Gasteiger partial charge in [0.25, 0.3) is 0 Å². The zero-order valence-corrected chi connectivity index (χ0v) is 13.1. The number of piperidine rings is 1. The molecule has 0 aromatic carbocycles. The molecule has 2 amide bonds. The van der Waals surface area contributed by atoms with Crippen LogP contribution in [0.1, 0.15) is 39.5 Å².